The van der Waals surface area contributed by atoms with Crippen molar-refractivity contribution < 1.29 is 4.79 Å². The van der Waals surface area contributed by atoms with E-state index >= 15 is 0 Å². The van der Waals surface area contributed by atoms with Gasteiger partial charge in [0.2, 0.25) is 0 Å². The zero-order valence-corrected chi connectivity index (χ0v) is 10.9. The van der Waals surface area contributed by atoms with Crippen LogP contribution in [0.25, 0.3) is 0 Å². The molecule has 1 saturated heterocycles. The van der Waals surface area contributed by atoms with Gasteiger partial charge in [0.1, 0.15) is 5.69 Å². The first-order chi connectivity index (χ1) is 9.29. The molecular formula is C13H19N5O. The normalized spacial score (nSPS) is 26.1. The number of fused-ring (bicyclic) bond motifs is 1. The quantitative estimate of drug-likeness (QED) is 0.616. The predicted octanol–water partition coefficient (Wildman–Crippen LogP) is 1.17. The van der Waals surface area contributed by atoms with Crippen LogP contribution in [0.1, 0.15) is 42.6 Å². The third kappa shape index (κ3) is 2.28. The maximum atomic E-state index is 12.5. The SMILES string of the molecule is NNc1cnc(C(=O)N2CCC3CCCCC32)cn1. The van der Waals surface area contributed by atoms with Crippen LogP contribution in [0, 0.1) is 5.92 Å². The van der Waals surface area contributed by atoms with Crippen molar-refractivity contribution in [2.75, 3.05) is 12.0 Å². The number of likely N-dealkylation sites (tertiary alicyclic amines) is 1. The van der Waals surface area contributed by atoms with Crippen LogP contribution in [0.2, 0.25) is 0 Å². The fourth-order valence-electron chi connectivity index (χ4n) is 3.32. The second-order valence-corrected chi connectivity index (χ2v) is 5.33. The molecule has 0 aromatic carbocycles. The summed E-state index contributed by atoms with van der Waals surface area (Å²) in [7, 11) is 0. The van der Waals surface area contributed by atoms with Crippen LogP contribution in [0.3, 0.4) is 0 Å². The molecule has 1 aliphatic heterocycles. The molecule has 19 heavy (non-hydrogen) atoms. The third-order valence-electron chi connectivity index (χ3n) is 4.29. The third-order valence-corrected chi connectivity index (χ3v) is 4.29. The van der Waals surface area contributed by atoms with E-state index in [1.54, 1.807) is 0 Å². The first kappa shape index (κ1) is 12.3. The fourth-order valence-corrected chi connectivity index (χ4v) is 3.32. The Morgan fingerprint density at radius 3 is 2.84 bits per heavy atom. The topological polar surface area (TPSA) is 84.1 Å². The molecule has 2 fully saturated rings. The first-order valence-electron chi connectivity index (χ1n) is 6.89. The number of rotatable bonds is 2. The number of nitrogens with two attached hydrogens (primary N) is 1. The highest BCUT2D eigenvalue weighted by Crippen LogP contribution is 2.36. The number of hydrogen-bond donors (Lipinski definition) is 2. The summed E-state index contributed by atoms with van der Waals surface area (Å²) in [6.07, 6.45) is 9.04. The zero-order chi connectivity index (χ0) is 13.2. The molecule has 0 spiro atoms. The minimum Gasteiger partial charge on any atom is -0.334 e. The lowest BCUT2D eigenvalue weighted by atomic mass is 9.85. The molecule has 6 nitrogen and oxygen atoms in total. The van der Waals surface area contributed by atoms with Crippen molar-refractivity contribution in [1.82, 2.24) is 14.9 Å². The van der Waals surface area contributed by atoms with Gasteiger partial charge >= 0.3 is 0 Å². The second kappa shape index (κ2) is 5.13. The predicted molar refractivity (Wildman–Crippen MR) is 71.2 cm³/mol. The summed E-state index contributed by atoms with van der Waals surface area (Å²) in [4.78, 5) is 22.6. The van der Waals surface area contributed by atoms with E-state index in [1.165, 1.54) is 31.7 Å². The Morgan fingerprint density at radius 1 is 1.26 bits per heavy atom. The molecule has 6 heteroatoms. The molecule has 2 aliphatic rings. The number of nitrogen functional groups attached to an aromatic ring is 1. The summed E-state index contributed by atoms with van der Waals surface area (Å²) < 4.78 is 0. The van der Waals surface area contributed by atoms with Gasteiger partial charge in [0.05, 0.1) is 12.4 Å². The zero-order valence-electron chi connectivity index (χ0n) is 10.9. The van der Waals surface area contributed by atoms with Crippen LogP contribution >= 0.6 is 0 Å². The average molecular weight is 261 g/mol. The molecule has 2 heterocycles. The first-order valence-corrected chi connectivity index (χ1v) is 6.89. The number of carbonyl (C=O) groups is 1. The van der Waals surface area contributed by atoms with Gasteiger partial charge in [0.15, 0.2) is 5.82 Å². The Hall–Kier alpha value is -1.69. The lowest BCUT2D eigenvalue weighted by Crippen LogP contribution is -2.39. The lowest BCUT2D eigenvalue weighted by Gasteiger charge is -2.31. The Balaban J connectivity index is 1.75. The number of aromatic nitrogens is 2. The van der Waals surface area contributed by atoms with E-state index in [4.69, 9.17) is 5.84 Å². The molecule has 3 N–H and O–H groups in total. The Morgan fingerprint density at radius 2 is 2.11 bits per heavy atom. The van der Waals surface area contributed by atoms with Gasteiger partial charge in [-0.1, -0.05) is 12.8 Å². The van der Waals surface area contributed by atoms with Crippen LogP contribution in [-0.4, -0.2) is 33.4 Å². The molecular weight excluding hydrogens is 242 g/mol. The second-order valence-electron chi connectivity index (χ2n) is 5.33. The van der Waals surface area contributed by atoms with Gasteiger partial charge < -0.3 is 10.3 Å². The minimum absolute atomic E-state index is 0.00507. The van der Waals surface area contributed by atoms with Crippen LogP contribution in [0.4, 0.5) is 5.82 Å². The summed E-state index contributed by atoms with van der Waals surface area (Å²) >= 11 is 0. The van der Waals surface area contributed by atoms with E-state index < -0.39 is 0 Å². The molecule has 1 aromatic heterocycles. The van der Waals surface area contributed by atoms with Gasteiger partial charge in [-0.3, -0.25) is 4.79 Å². The number of hydrogen-bond acceptors (Lipinski definition) is 5. The number of carbonyl (C=O) groups excluding carboxylic acids is 1. The Kier molecular flexibility index (Phi) is 3.33. The fraction of sp³-hybridized carbons (Fsp3) is 0.615. The highest BCUT2D eigenvalue weighted by atomic mass is 16.2. The molecule has 0 radical (unpaired) electrons. The van der Waals surface area contributed by atoms with E-state index in [1.807, 2.05) is 4.90 Å². The van der Waals surface area contributed by atoms with Gasteiger partial charge in [0, 0.05) is 12.6 Å². The summed E-state index contributed by atoms with van der Waals surface area (Å²) in [5, 5.41) is 0. The standard InChI is InChI=1S/C13H19N5O/c14-17-12-8-15-10(7-16-12)13(19)18-6-5-9-3-1-2-4-11(9)18/h7-9,11H,1-6,14H2,(H,16,17). The van der Waals surface area contributed by atoms with Gasteiger partial charge in [-0.25, -0.2) is 15.8 Å². The lowest BCUT2D eigenvalue weighted by molar-refractivity contribution is 0.0683. The van der Waals surface area contributed by atoms with E-state index in [2.05, 4.69) is 15.4 Å². The summed E-state index contributed by atoms with van der Waals surface area (Å²) in [6, 6.07) is 0.412. The highest BCUT2D eigenvalue weighted by molar-refractivity contribution is 5.92. The maximum Gasteiger partial charge on any atom is 0.274 e. The van der Waals surface area contributed by atoms with Crippen molar-refractivity contribution >= 4 is 11.7 Å². The van der Waals surface area contributed by atoms with Crippen molar-refractivity contribution in [3.63, 3.8) is 0 Å². The largest absolute Gasteiger partial charge is 0.334 e. The highest BCUT2D eigenvalue weighted by Gasteiger charge is 2.38. The smallest absolute Gasteiger partial charge is 0.274 e. The molecule has 1 aliphatic carbocycles. The van der Waals surface area contributed by atoms with Crippen LogP contribution in [-0.2, 0) is 0 Å². The van der Waals surface area contributed by atoms with Crippen molar-refractivity contribution in [3.8, 4) is 0 Å². The van der Waals surface area contributed by atoms with Gasteiger partial charge in [-0.05, 0) is 25.2 Å². The molecule has 102 valence electrons. The van der Waals surface area contributed by atoms with Gasteiger partial charge in [-0.15, -0.1) is 0 Å². The summed E-state index contributed by atoms with van der Waals surface area (Å²) in [5.74, 6) is 6.40. The van der Waals surface area contributed by atoms with E-state index in [-0.39, 0.29) is 5.91 Å². The molecule has 0 bridgehead atoms. The number of anilines is 1. The minimum atomic E-state index is 0.00507. The van der Waals surface area contributed by atoms with E-state index in [0.29, 0.717) is 23.5 Å². The van der Waals surface area contributed by atoms with Gasteiger partial charge in [0.25, 0.3) is 5.91 Å². The van der Waals surface area contributed by atoms with Crippen LogP contribution in [0.5, 0.6) is 0 Å². The van der Waals surface area contributed by atoms with Gasteiger partial charge in [-0.2, -0.15) is 0 Å². The van der Waals surface area contributed by atoms with Crippen molar-refractivity contribution in [1.29, 1.82) is 0 Å². The van der Waals surface area contributed by atoms with E-state index in [0.717, 1.165) is 19.4 Å². The molecule has 2 unspecified atom stereocenters. The molecule has 1 aromatic rings. The summed E-state index contributed by atoms with van der Waals surface area (Å²) in [5.41, 5.74) is 2.82. The van der Waals surface area contributed by atoms with Crippen LogP contribution < -0.4 is 11.3 Å². The van der Waals surface area contributed by atoms with Crippen molar-refractivity contribution in [3.05, 3.63) is 18.1 Å². The van der Waals surface area contributed by atoms with Crippen molar-refractivity contribution in [2.45, 2.75) is 38.1 Å². The molecule has 3 rings (SSSR count). The van der Waals surface area contributed by atoms with E-state index in [9.17, 15) is 4.79 Å². The Labute approximate surface area is 112 Å². The molecule has 1 amide bonds. The monoisotopic (exact) mass is 261 g/mol. The van der Waals surface area contributed by atoms with Crippen molar-refractivity contribution in [2.24, 2.45) is 11.8 Å². The van der Waals surface area contributed by atoms with Crippen LogP contribution in [0.15, 0.2) is 12.4 Å². The Bertz CT molecular complexity index is 461. The number of nitrogens with zero attached hydrogens (tertiary/aromatic N) is 3. The number of amides is 1. The molecule has 1 saturated carbocycles. The number of nitrogens with one attached hydrogen (secondary N) is 1. The number of hydrazine groups is 1. The molecule has 2 atom stereocenters. The summed E-state index contributed by atoms with van der Waals surface area (Å²) in [6.45, 7) is 0.854. The maximum absolute atomic E-state index is 12.5. The average Bonchev–Trinajstić information content (AvgIpc) is 2.90.